The van der Waals surface area contributed by atoms with Gasteiger partial charge >= 0.3 is 5.97 Å². The molecule has 2 aromatic rings. The van der Waals surface area contributed by atoms with Crippen molar-refractivity contribution in [3.05, 3.63) is 29.3 Å². The molecule has 7 nitrogen and oxygen atoms in total. The Morgan fingerprint density at radius 1 is 1.44 bits per heavy atom. The van der Waals surface area contributed by atoms with Crippen LogP contribution in [0.3, 0.4) is 0 Å². The summed E-state index contributed by atoms with van der Waals surface area (Å²) in [6, 6.07) is 4.00. The number of sulfonamides is 1. The number of carboxylic acid groups (broad SMARTS) is 1. The van der Waals surface area contributed by atoms with Gasteiger partial charge in [-0.2, -0.15) is 5.10 Å². The molecule has 0 atom stereocenters. The van der Waals surface area contributed by atoms with Crippen LogP contribution in [-0.2, 0) is 17.1 Å². The first-order chi connectivity index (χ1) is 8.38. The van der Waals surface area contributed by atoms with Crippen LogP contribution in [0.15, 0.2) is 28.6 Å². The third kappa shape index (κ3) is 2.51. The molecule has 0 unspecified atom stereocenters. The lowest BCUT2D eigenvalue weighted by Crippen LogP contribution is -2.12. The highest BCUT2D eigenvalue weighted by atomic mass is 32.2. The number of rotatable bonds is 4. The lowest BCUT2D eigenvalue weighted by Gasteiger charge is -2.01. The van der Waals surface area contributed by atoms with Crippen LogP contribution in [0.5, 0.6) is 0 Å². The molecule has 0 aliphatic heterocycles. The van der Waals surface area contributed by atoms with Gasteiger partial charge in [-0.1, -0.05) is 0 Å². The second-order valence-corrected chi connectivity index (χ2v) is 6.40. The van der Waals surface area contributed by atoms with Crippen LogP contribution < -0.4 is 4.72 Å². The second kappa shape index (κ2) is 4.42. The van der Waals surface area contributed by atoms with Crippen LogP contribution in [-0.4, -0.2) is 29.3 Å². The summed E-state index contributed by atoms with van der Waals surface area (Å²) in [6.07, 6.45) is 1.59. The predicted molar refractivity (Wildman–Crippen MR) is 65.3 cm³/mol. The van der Waals surface area contributed by atoms with Gasteiger partial charge in [-0.05, 0) is 12.1 Å². The van der Waals surface area contributed by atoms with E-state index < -0.39 is 16.0 Å². The third-order valence-corrected chi connectivity index (χ3v) is 4.93. The van der Waals surface area contributed by atoms with Crippen molar-refractivity contribution in [1.82, 2.24) is 9.78 Å². The Balaban J connectivity index is 2.27. The number of carbonyl (C=O) groups is 1. The average molecular weight is 287 g/mol. The number of aromatic carboxylic acids is 1. The molecular formula is C9H9N3O4S2. The van der Waals surface area contributed by atoms with Crippen molar-refractivity contribution in [2.24, 2.45) is 7.05 Å². The predicted octanol–water partition coefficient (Wildman–Crippen LogP) is 0.981. The third-order valence-electron chi connectivity index (χ3n) is 2.01. The normalized spacial score (nSPS) is 11.4. The number of aryl methyl sites for hydroxylation is 1. The van der Waals surface area contributed by atoms with Gasteiger partial charge < -0.3 is 5.11 Å². The quantitative estimate of drug-likeness (QED) is 0.873. The van der Waals surface area contributed by atoms with Crippen molar-refractivity contribution in [2.75, 3.05) is 4.72 Å². The first kappa shape index (κ1) is 12.6. The molecule has 2 aromatic heterocycles. The topological polar surface area (TPSA) is 101 Å². The Bertz CT molecular complexity index is 686. The van der Waals surface area contributed by atoms with Crippen LogP contribution in [0.25, 0.3) is 0 Å². The first-order valence-corrected chi connectivity index (χ1v) is 7.04. The maximum Gasteiger partial charge on any atom is 0.345 e. The van der Waals surface area contributed by atoms with E-state index in [1.54, 1.807) is 13.2 Å². The van der Waals surface area contributed by atoms with E-state index in [-0.39, 0.29) is 14.9 Å². The maximum atomic E-state index is 11.9. The number of anilines is 1. The fourth-order valence-corrected chi connectivity index (χ4v) is 3.38. The number of nitrogens with zero attached hydrogens (tertiary/aromatic N) is 2. The molecule has 0 amide bonds. The SMILES string of the molecule is Cn1ccc(NS(=O)(=O)c2ccc(C(=O)O)s2)n1. The number of hydrogen-bond donors (Lipinski definition) is 2. The van der Waals surface area contributed by atoms with Crippen LogP contribution >= 0.6 is 11.3 Å². The molecule has 0 radical (unpaired) electrons. The summed E-state index contributed by atoms with van der Waals surface area (Å²) in [7, 11) is -2.13. The molecule has 2 heterocycles. The van der Waals surface area contributed by atoms with Gasteiger partial charge in [0.25, 0.3) is 10.0 Å². The van der Waals surface area contributed by atoms with Gasteiger partial charge in [-0.3, -0.25) is 9.40 Å². The van der Waals surface area contributed by atoms with E-state index in [2.05, 4.69) is 9.82 Å². The Morgan fingerprint density at radius 3 is 2.67 bits per heavy atom. The van der Waals surface area contributed by atoms with Gasteiger partial charge in [0.1, 0.15) is 9.09 Å². The molecule has 0 aliphatic carbocycles. The molecule has 0 saturated heterocycles. The molecule has 96 valence electrons. The summed E-state index contributed by atoms with van der Waals surface area (Å²) in [4.78, 5) is 10.7. The highest BCUT2D eigenvalue weighted by Crippen LogP contribution is 2.23. The average Bonchev–Trinajstić information content (AvgIpc) is 2.86. The summed E-state index contributed by atoms with van der Waals surface area (Å²) in [5.74, 6) is -0.970. The van der Waals surface area contributed by atoms with Gasteiger partial charge in [0.15, 0.2) is 5.82 Å². The molecule has 0 aliphatic rings. The lowest BCUT2D eigenvalue weighted by molar-refractivity contribution is 0.0702. The minimum atomic E-state index is -3.78. The number of carboxylic acids is 1. The number of aromatic nitrogens is 2. The Hall–Kier alpha value is -1.87. The van der Waals surface area contributed by atoms with Gasteiger partial charge in [0.2, 0.25) is 0 Å². The van der Waals surface area contributed by atoms with Gasteiger partial charge in [-0.15, -0.1) is 11.3 Å². The fourth-order valence-electron chi connectivity index (χ4n) is 1.24. The van der Waals surface area contributed by atoms with Gasteiger partial charge in [0.05, 0.1) is 0 Å². The van der Waals surface area contributed by atoms with Gasteiger partial charge in [0, 0.05) is 19.3 Å². The highest BCUT2D eigenvalue weighted by Gasteiger charge is 2.19. The smallest absolute Gasteiger partial charge is 0.345 e. The van der Waals surface area contributed by atoms with E-state index in [9.17, 15) is 13.2 Å². The first-order valence-electron chi connectivity index (χ1n) is 4.74. The van der Waals surface area contributed by atoms with Crippen molar-refractivity contribution in [3.8, 4) is 0 Å². The van der Waals surface area contributed by atoms with E-state index in [1.807, 2.05) is 0 Å². The Labute approximate surface area is 107 Å². The maximum absolute atomic E-state index is 11.9. The van der Waals surface area contributed by atoms with E-state index >= 15 is 0 Å². The summed E-state index contributed by atoms with van der Waals surface area (Å²) in [5.41, 5.74) is 0. The molecular weight excluding hydrogens is 278 g/mol. The number of hydrogen-bond acceptors (Lipinski definition) is 5. The molecule has 0 saturated carbocycles. The molecule has 2 rings (SSSR count). The molecule has 0 fully saturated rings. The monoisotopic (exact) mass is 287 g/mol. The van der Waals surface area contributed by atoms with Crippen LogP contribution in [0.2, 0.25) is 0 Å². The van der Waals surface area contributed by atoms with E-state index in [0.29, 0.717) is 11.3 Å². The Morgan fingerprint density at radius 2 is 2.17 bits per heavy atom. The molecule has 0 spiro atoms. The number of thiophene rings is 1. The minimum Gasteiger partial charge on any atom is -0.477 e. The molecule has 0 aromatic carbocycles. The van der Waals surface area contributed by atoms with Gasteiger partial charge in [-0.25, -0.2) is 13.2 Å². The summed E-state index contributed by atoms with van der Waals surface area (Å²) >= 11 is 0.689. The highest BCUT2D eigenvalue weighted by molar-refractivity contribution is 7.94. The largest absolute Gasteiger partial charge is 0.477 e. The molecule has 2 N–H and O–H groups in total. The van der Waals surface area contributed by atoms with E-state index in [0.717, 1.165) is 0 Å². The minimum absolute atomic E-state index is 0.0311. The van der Waals surface area contributed by atoms with Crippen molar-refractivity contribution in [2.45, 2.75) is 4.21 Å². The van der Waals surface area contributed by atoms with Crippen molar-refractivity contribution < 1.29 is 18.3 Å². The summed E-state index contributed by atoms with van der Waals surface area (Å²) < 4.78 is 27.5. The van der Waals surface area contributed by atoms with Crippen LogP contribution in [0.4, 0.5) is 5.82 Å². The molecule has 0 bridgehead atoms. The summed E-state index contributed by atoms with van der Waals surface area (Å²) in [5, 5.41) is 12.6. The molecule has 18 heavy (non-hydrogen) atoms. The Kier molecular flexibility index (Phi) is 3.09. The fraction of sp³-hybridized carbons (Fsp3) is 0.111. The zero-order valence-corrected chi connectivity index (χ0v) is 10.8. The number of nitrogens with one attached hydrogen (secondary N) is 1. The van der Waals surface area contributed by atoms with Crippen molar-refractivity contribution >= 4 is 33.1 Å². The zero-order chi connectivity index (χ0) is 13.3. The molecule has 9 heteroatoms. The standard InChI is InChI=1S/C9H9N3O4S2/c1-12-5-4-7(10-12)11-18(15,16)8-3-2-6(17-8)9(13)14/h2-5H,1H3,(H,10,11)(H,13,14). The van der Waals surface area contributed by atoms with Crippen molar-refractivity contribution in [1.29, 1.82) is 0 Å². The summed E-state index contributed by atoms with van der Waals surface area (Å²) in [6.45, 7) is 0. The van der Waals surface area contributed by atoms with Crippen molar-refractivity contribution in [3.63, 3.8) is 0 Å². The lowest BCUT2D eigenvalue weighted by atomic mass is 10.5. The van der Waals surface area contributed by atoms with E-state index in [1.165, 1.54) is 22.9 Å². The van der Waals surface area contributed by atoms with E-state index in [4.69, 9.17) is 5.11 Å². The van der Waals surface area contributed by atoms with Crippen LogP contribution in [0.1, 0.15) is 9.67 Å². The zero-order valence-electron chi connectivity index (χ0n) is 9.19. The van der Waals surface area contributed by atoms with Crippen LogP contribution in [0, 0.1) is 0 Å². The second-order valence-electron chi connectivity index (χ2n) is 3.40.